The Balaban J connectivity index is 1.53. The summed E-state index contributed by atoms with van der Waals surface area (Å²) >= 11 is 0. The van der Waals surface area contributed by atoms with Crippen LogP contribution in [0.1, 0.15) is 47.4 Å². The standard InChI is InChI=1S/C21H29N5O2/c1-15(14-26-12-7-16(2)23-26)20(27)25-10-8-17(9-11-25)19-6-5-18(13-22-19)21(28)24(3)4/h5-7,12-13,15,17H,8-11,14H2,1-4H3. The van der Waals surface area contributed by atoms with Gasteiger partial charge in [0.05, 0.1) is 23.7 Å². The molecule has 0 aliphatic carbocycles. The predicted molar refractivity (Wildman–Crippen MR) is 107 cm³/mol. The summed E-state index contributed by atoms with van der Waals surface area (Å²) in [5, 5.41) is 4.37. The van der Waals surface area contributed by atoms with Crippen LogP contribution in [0.15, 0.2) is 30.6 Å². The maximum absolute atomic E-state index is 12.8. The first kappa shape index (κ1) is 20.0. The van der Waals surface area contributed by atoms with Crippen molar-refractivity contribution in [2.45, 2.75) is 39.2 Å². The molecule has 2 amide bonds. The lowest BCUT2D eigenvalue weighted by molar-refractivity contribution is -0.136. The van der Waals surface area contributed by atoms with E-state index in [4.69, 9.17) is 0 Å². The third-order valence-electron chi connectivity index (χ3n) is 5.32. The molecule has 0 N–H and O–H groups in total. The number of nitrogens with zero attached hydrogens (tertiary/aromatic N) is 5. The first-order valence-electron chi connectivity index (χ1n) is 9.81. The smallest absolute Gasteiger partial charge is 0.254 e. The van der Waals surface area contributed by atoms with Crippen LogP contribution in [0.4, 0.5) is 0 Å². The average molecular weight is 383 g/mol. The maximum Gasteiger partial charge on any atom is 0.254 e. The number of amides is 2. The highest BCUT2D eigenvalue weighted by molar-refractivity contribution is 5.93. The Morgan fingerprint density at radius 2 is 1.93 bits per heavy atom. The molecule has 3 rings (SSSR count). The maximum atomic E-state index is 12.8. The van der Waals surface area contributed by atoms with E-state index in [1.54, 1.807) is 25.2 Å². The van der Waals surface area contributed by atoms with Crippen molar-refractivity contribution in [1.82, 2.24) is 24.6 Å². The number of rotatable bonds is 5. The molecule has 2 aromatic rings. The number of hydrogen-bond donors (Lipinski definition) is 0. The van der Waals surface area contributed by atoms with Gasteiger partial charge in [-0.25, -0.2) is 0 Å². The van der Waals surface area contributed by atoms with Gasteiger partial charge in [0.25, 0.3) is 5.91 Å². The normalized spacial score (nSPS) is 16.1. The SMILES string of the molecule is Cc1ccn(CC(C)C(=O)N2CCC(c3ccc(C(=O)N(C)C)cn3)CC2)n1. The van der Waals surface area contributed by atoms with Crippen LogP contribution >= 0.6 is 0 Å². The van der Waals surface area contributed by atoms with Gasteiger partial charge < -0.3 is 9.80 Å². The molecule has 3 heterocycles. The van der Waals surface area contributed by atoms with Crippen LogP contribution in [0.2, 0.25) is 0 Å². The molecule has 1 unspecified atom stereocenters. The number of pyridine rings is 1. The van der Waals surface area contributed by atoms with E-state index in [0.717, 1.165) is 37.3 Å². The predicted octanol–water partition coefficient (Wildman–Crippen LogP) is 2.33. The second-order valence-electron chi connectivity index (χ2n) is 7.85. The molecule has 2 aromatic heterocycles. The van der Waals surface area contributed by atoms with E-state index in [2.05, 4.69) is 10.1 Å². The van der Waals surface area contributed by atoms with E-state index in [-0.39, 0.29) is 17.7 Å². The highest BCUT2D eigenvalue weighted by Gasteiger charge is 2.27. The molecule has 28 heavy (non-hydrogen) atoms. The van der Waals surface area contributed by atoms with Crippen LogP contribution in [-0.4, -0.2) is 63.6 Å². The van der Waals surface area contributed by atoms with Crippen LogP contribution in [0.3, 0.4) is 0 Å². The Hall–Kier alpha value is -2.70. The summed E-state index contributed by atoms with van der Waals surface area (Å²) in [6.45, 7) is 6.01. The molecule has 0 saturated carbocycles. The summed E-state index contributed by atoms with van der Waals surface area (Å²) in [5.74, 6) is 0.384. The zero-order chi connectivity index (χ0) is 20.3. The van der Waals surface area contributed by atoms with E-state index in [1.165, 1.54) is 0 Å². The van der Waals surface area contributed by atoms with E-state index < -0.39 is 0 Å². The van der Waals surface area contributed by atoms with Gasteiger partial charge >= 0.3 is 0 Å². The first-order chi connectivity index (χ1) is 13.3. The molecule has 1 atom stereocenters. The van der Waals surface area contributed by atoms with E-state index in [1.807, 2.05) is 47.8 Å². The summed E-state index contributed by atoms with van der Waals surface area (Å²) < 4.78 is 1.84. The zero-order valence-corrected chi connectivity index (χ0v) is 17.1. The van der Waals surface area contributed by atoms with Gasteiger partial charge in [-0.1, -0.05) is 6.92 Å². The highest BCUT2D eigenvalue weighted by atomic mass is 16.2. The minimum Gasteiger partial charge on any atom is -0.345 e. The Labute approximate surface area is 166 Å². The van der Waals surface area contributed by atoms with Crippen molar-refractivity contribution in [2.24, 2.45) is 5.92 Å². The highest BCUT2D eigenvalue weighted by Crippen LogP contribution is 2.27. The van der Waals surface area contributed by atoms with Gasteiger partial charge in [-0.3, -0.25) is 19.3 Å². The number of aryl methyl sites for hydroxylation is 1. The van der Waals surface area contributed by atoms with Crippen molar-refractivity contribution in [2.75, 3.05) is 27.2 Å². The number of hydrogen-bond acceptors (Lipinski definition) is 4. The van der Waals surface area contributed by atoms with Crippen molar-refractivity contribution in [3.63, 3.8) is 0 Å². The Morgan fingerprint density at radius 3 is 2.46 bits per heavy atom. The van der Waals surface area contributed by atoms with Crippen molar-refractivity contribution in [3.05, 3.63) is 47.5 Å². The quantitative estimate of drug-likeness (QED) is 0.794. The van der Waals surface area contributed by atoms with Gasteiger partial charge in [0.1, 0.15) is 0 Å². The lowest BCUT2D eigenvalue weighted by Crippen LogP contribution is -2.41. The van der Waals surface area contributed by atoms with E-state index in [0.29, 0.717) is 18.0 Å². The largest absolute Gasteiger partial charge is 0.345 e. The van der Waals surface area contributed by atoms with Crippen molar-refractivity contribution < 1.29 is 9.59 Å². The fraction of sp³-hybridized carbons (Fsp3) is 0.524. The molecule has 7 heteroatoms. The Morgan fingerprint density at radius 1 is 1.21 bits per heavy atom. The Kier molecular flexibility index (Phi) is 6.11. The van der Waals surface area contributed by atoms with Gasteiger partial charge in [0, 0.05) is 51.2 Å². The van der Waals surface area contributed by atoms with Crippen LogP contribution in [0.25, 0.3) is 0 Å². The molecular weight excluding hydrogens is 354 g/mol. The lowest BCUT2D eigenvalue weighted by Gasteiger charge is -2.33. The summed E-state index contributed by atoms with van der Waals surface area (Å²) in [7, 11) is 3.47. The monoisotopic (exact) mass is 383 g/mol. The number of carbonyl (C=O) groups is 2. The third kappa shape index (κ3) is 4.58. The molecule has 0 aromatic carbocycles. The second kappa shape index (κ2) is 8.54. The molecule has 1 aliphatic heterocycles. The summed E-state index contributed by atoms with van der Waals surface area (Å²) in [5.41, 5.74) is 2.57. The number of piperidine rings is 1. The summed E-state index contributed by atoms with van der Waals surface area (Å²) in [6, 6.07) is 5.74. The van der Waals surface area contributed by atoms with Crippen molar-refractivity contribution in [1.29, 1.82) is 0 Å². The minimum absolute atomic E-state index is 0.0409. The van der Waals surface area contributed by atoms with Gasteiger partial charge in [0.2, 0.25) is 5.91 Å². The lowest BCUT2D eigenvalue weighted by atomic mass is 9.92. The minimum atomic E-state index is -0.0923. The van der Waals surface area contributed by atoms with E-state index >= 15 is 0 Å². The summed E-state index contributed by atoms with van der Waals surface area (Å²) in [6.07, 6.45) is 5.37. The van der Waals surface area contributed by atoms with Crippen LogP contribution < -0.4 is 0 Å². The van der Waals surface area contributed by atoms with Gasteiger partial charge in [0.15, 0.2) is 0 Å². The molecule has 7 nitrogen and oxygen atoms in total. The zero-order valence-electron chi connectivity index (χ0n) is 17.1. The molecule has 1 aliphatic rings. The molecule has 150 valence electrons. The summed E-state index contributed by atoms with van der Waals surface area (Å²) in [4.78, 5) is 32.8. The number of carbonyl (C=O) groups excluding carboxylic acids is 2. The number of likely N-dealkylation sites (tertiary alicyclic amines) is 1. The van der Waals surface area contributed by atoms with Crippen LogP contribution in [0.5, 0.6) is 0 Å². The topological polar surface area (TPSA) is 71.3 Å². The first-order valence-corrected chi connectivity index (χ1v) is 9.81. The molecule has 0 radical (unpaired) electrons. The average Bonchev–Trinajstić information content (AvgIpc) is 3.11. The molecule has 1 saturated heterocycles. The van der Waals surface area contributed by atoms with E-state index in [9.17, 15) is 9.59 Å². The van der Waals surface area contributed by atoms with Gasteiger partial charge in [-0.15, -0.1) is 0 Å². The fourth-order valence-electron chi connectivity index (χ4n) is 3.66. The molecular formula is C21H29N5O2. The van der Waals surface area contributed by atoms with Crippen LogP contribution in [0, 0.1) is 12.8 Å². The van der Waals surface area contributed by atoms with Crippen LogP contribution in [-0.2, 0) is 11.3 Å². The molecule has 0 bridgehead atoms. The fourth-order valence-corrected chi connectivity index (χ4v) is 3.66. The Bertz CT molecular complexity index is 820. The molecule has 1 fully saturated rings. The second-order valence-corrected chi connectivity index (χ2v) is 7.85. The van der Waals surface area contributed by atoms with Crippen molar-refractivity contribution in [3.8, 4) is 0 Å². The number of aromatic nitrogens is 3. The van der Waals surface area contributed by atoms with Gasteiger partial charge in [-0.2, -0.15) is 5.10 Å². The molecule has 0 spiro atoms. The van der Waals surface area contributed by atoms with Gasteiger partial charge in [-0.05, 0) is 38.0 Å². The van der Waals surface area contributed by atoms with Crippen molar-refractivity contribution >= 4 is 11.8 Å². The third-order valence-corrected chi connectivity index (χ3v) is 5.32.